The number of aliphatic hydroxyl groups is 10. The number of ether oxygens (including phenoxy) is 5. The van der Waals surface area contributed by atoms with Gasteiger partial charge in [-0.15, -0.1) is 0 Å². The molecule has 3 aliphatic heterocycles. The minimum atomic E-state index is -1.89. The highest BCUT2D eigenvalue weighted by Gasteiger charge is 2.53. The molecule has 0 radical (unpaired) electrons. The lowest BCUT2D eigenvalue weighted by Gasteiger charge is -2.48. The van der Waals surface area contributed by atoms with E-state index in [0.717, 1.165) is 0 Å². The third kappa shape index (κ3) is 5.32. The molecular formula is C18H32O15. The van der Waals surface area contributed by atoms with Gasteiger partial charge in [-0.1, -0.05) is 0 Å². The van der Waals surface area contributed by atoms with E-state index in [4.69, 9.17) is 23.7 Å². The van der Waals surface area contributed by atoms with E-state index in [1.54, 1.807) is 0 Å². The fourth-order valence-electron chi connectivity index (χ4n) is 3.97. The Balaban J connectivity index is 1.82. The Kier molecular flexibility index (Phi) is 8.99. The summed E-state index contributed by atoms with van der Waals surface area (Å²) in [5.74, 6) is 0. The molecule has 0 unspecified atom stereocenters. The van der Waals surface area contributed by atoms with Crippen LogP contribution in [0.5, 0.6) is 0 Å². The van der Waals surface area contributed by atoms with Crippen LogP contribution in [0.2, 0.25) is 0 Å². The first kappa shape index (κ1) is 27.0. The van der Waals surface area contributed by atoms with Crippen molar-refractivity contribution in [3.63, 3.8) is 0 Å². The zero-order valence-electron chi connectivity index (χ0n) is 17.6. The van der Waals surface area contributed by atoms with Crippen molar-refractivity contribution >= 4 is 0 Å². The summed E-state index contributed by atoms with van der Waals surface area (Å²) in [4.78, 5) is 0. The minimum absolute atomic E-state index is 0.746. The molecule has 15 nitrogen and oxygen atoms in total. The van der Waals surface area contributed by atoms with E-state index in [-0.39, 0.29) is 0 Å². The minimum Gasteiger partial charge on any atom is -0.394 e. The lowest BCUT2D eigenvalue weighted by molar-refractivity contribution is -0.386. The zero-order valence-corrected chi connectivity index (χ0v) is 17.6. The van der Waals surface area contributed by atoms with E-state index < -0.39 is 105 Å². The molecule has 0 aromatic rings. The molecule has 0 aliphatic carbocycles. The maximum absolute atomic E-state index is 10.6. The van der Waals surface area contributed by atoms with E-state index in [1.807, 2.05) is 0 Å². The Morgan fingerprint density at radius 1 is 0.545 bits per heavy atom. The van der Waals surface area contributed by atoms with Crippen molar-refractivity contribution in [2.75, 3.05) is 13.2 Å². The zero-order chi connectivity index (χ0) is 24.6. The second-order valence-corrected chi connectivity index (χ2v) is 8.32. The maximum Gasteiger partial charge on any atom is 0.187 e. The van der Waals surface area contributed by atoms with Gasteiger partial charge in [-0.05, 0) is 6.92 Å². The monoisotopic (exact) mass is 488 g/mol. The van der Waals surface area contributed by atoms with Crippen molar-refractivity contribution in [2.24, 2.45) is 0 Å². The molecule has 0 aromatic carbocycles. The highest BCUT2D eigenvalue weighted by molar-refractivity contribution is 4.95. The Bertz CT molecular complexity index is 624. The van der Waals surface area contributed by atoms with Crippen molar-refractivity contribution < 1.29 is 74.7 Å². The van der Waals surface area contributed by atoms with Crippen molar-refractivity contribution in [1.29, 1.82) is 0 Å². The molecule has 0 bridgehead atoms. The summed E-state index contributed by atoms with van der Waals surface area (Å²) in [6.07, 6.45) is -24.1. The molecule has 3 rings (SSSR count). The third-order valence-electron chi connectivity index (χ3n) is 6.06. The number of hydrogen-bond donors (Lipinski definition) is 10. The summed E-state index contributed by atoms with van der Waals surface area (Å²) in [7, 11) is 0. The van der Waals surface area contributed by atoms with Crippen molar-refractivity contribution in [3.05, 3.63) is 0 Å². The summed E-state index contributed by atoms with van der Waals surface area (Å²) in [5.41, 5.74) is 0. The predicted molar refractivity (Wildman–Crippen MR) is 99.8 cm³/mol. The highest BCUT2D eigenvalue weighted by atomic mass is 16.8. The molecule has 0 spiro atoms. The van der Waals surface area contributed by atoms with Gasteiger partial charge >= 0.3 is 0 Å². The van der Waals surface area contributed by atoms with Crippen molar-refractivity contribution in [2.45, 2.75) is 99.0 Å². The first-order chi connectivity index (χ1) is 15.5. The first-order valence-electron chi connectivity index (χ1n) is 10.4. The summed E-state index contributed by atoms with van der Waals surface area (Å²) in [6, 6.07) is 0. The van der Waals surface area contributed by atoms with Gasteiger partial charge in [0.1, 0.15) is 67.1 Å². The predicted octanol–water partition coefficient (Wildman–Crippen LogP) is -6.55. The standard InChI is InChI=1S/C18H32O15/c1-4-7(21)10(24)12(26)17(29-4)32-14-9(23)6(3-20)30-16(28)15(14)33-18-13(27)11(25)8(22)5(2-19)31-18/h4-28H,2-3H2,1H3/t4-,5+,6+,7-,8+,9-,10+,11-,12+,13+,14-,15+,16+,17-,18+/m0/s1. The van der Waals surface area contributed by atoms with Crippen LogP contribution < -0.4 is 0 Å². The van der Waals surface area contributed by atoms with Gasteiger partial charge in [0.25, 0.3) is 0 Å². The third-order valence-corrected chi connectivity index (χ3v) is 6.06. The van der Waals surface area contributed by atoms with Gasteiger partial charge in [0.15, 0.2) is 18.9 Å². The molecule has 0 aromatic heterocycles. The molecule has 3 aliphatic rings. The largest absolute Gasteiger partial charge is 0.394 e. The molecular weight excluding hydrogens is 456 g/mol. The summed E-state index contributed by atoms with van der Waals surface area (Å²) in [5, 5.41) is 100.0. The Labute approximate surface area is 187 Å². The fraction of sp³-hybridized carbons (Fsp3) is 1.00. The second-order valence-electron chi connectivity index (χ2n) is 8.32. The smallest absolute Gasteiger partial charge is 0.187 e. The lowest BCUT2D eigenvalue weighted by Crippen LogP contribution is -2.66. The maximum atomic E-state index is 10.6. The van der Waals surface area contributed by atoms with Gasteiger partial charge < -0.3 is 74.7 Å². The summed E-state index contributed by atoms with van der Waals surface area (Å²) < 4.78 is 26.7. The Morgan fingerprint density at radius 3 is 1.61 bits per heavy atom. The average Bonchev–Trinajstić information content (AvgIpc) is 2.79. The molecule has 3 fully saturated rings. The molecule has 0 amide bonds. The summed E-state index contributed by atoms with van der Waals surface area (Å²) >= 11 is 0. The van der Waals surface area contributed by atoms with Gasteiger partial charge in [0.05, 0.1) is 19.3 Å². The van der Waals surface area contributed by atoms with Gasteiger partial charge in [-0.3, -0.25) is 0 Å². The molecule has 3 heterocycles. The van der Waals surface area contributed by atoms with Crippen LogP contribution in [0.1, 0.15) is 6.92 Å². The fourth-order valence-corrected chi connectivity index (χ4v) is 3.97. The van der Waals surface area contributed by atoms with E-state index in [0.29, 0.717) is 0 Å². The second kappa shape index (κ2) is 11.0. The molecule has 15 atom stereocenters. The normalized spacial score (nSPS) is 53.7. The van der Waals surface area contributed by atoms with Crippen LogP contribution in [0.25, 0.3) is 0 Å². The van der Waals surface area contributed by atoms with E-state index in [9.17, 15) is 51.1 Å². The van der Waals surface area contributed by atoms with Crippen LogP contribution in [0.15, 0.2) is 0 Å². The van der Waals surface area contributed by atoms with E-state index in [2.05, 4.69) is 0 Å². The SMILES string of the molecule is C[C@@H]1O[C@@H](O[C@H]2[C@@H](O)[C@@H](CO)O[C@@H](O)[C@@H]2O[C@H]2O[C@H](CO)[C@@H](O)[C@H](O)[C@H]2O)[C@H](O)[C@H](O)[C@H]1O. The molecule has 0 saturated carbocycles. The average molecular weight is 488 g/mol. The molecule has 15 heteroatoms. The van der Waals surface area contributed by atoms with Crippen LogP contribution in [-0.2, 0) is 23.7 Å². The molecule has 194 valence electrons. The van der Waals surface area contributed by atoms with E-state index >= 15 is 0 Å². The highest BCUT2D eigenvalue weighted by Crippen LogP contribution is 2.32. The molecule has 33 heavy (non-hydrogen) atoms. The van der Waals surface area contributed by atoms with E-state index in [1.165, 1.54) is 6.92 Å². The Morgan fingerprint density at radius 2 is 1.03 bits per heavy atom. The Hall–Kier alpha value is -0.600. The van der Waals surface area contributed by atoms with Crippen LogP contribution >= 0.6 is 0 Å². The molecule has 3 saturated heterocycles. The van der Waals surface area contributed by atoms with Gasteiger partial charge in [-0.2, -0.15) is 0 Å². The van der Waals surface area contributed by atoms with Gasteiger partial charge in [0.2, 0.25) is 0 Å². The van der Waals surface area contributed by atoms with Crippen LogP contribution in [0, 0.1) is 0 Å². The van der Waals surface area contributed by atoms with Crippen LogP contribution in [0.4, 0.5) is 0 Å². The molecule has 10 N–H and O–H groups in total. The lowest BCUT2D eigenvalue weighted by atomic mass is 9.96. The first-order valence-corrected chi connectivity index (χ1v) is 10.4. The number of hydrogen-bond acceptors (Lipinski definition) is 15. The van der Waals surface area contributed by atoms with Gasteiger partial charge in [-0.25, -0.2) is 0 Å². The van der Waals surface area contributed by atoms with Crippen LogP contribution in [-0.4, -0.2) is 156 Å². The van der Waals surface area contributed by atoms with Crippen molar-refractivity contribution in [1.82, 2.24) is 0 Å². The van der Waals surface area contributed by atoms with Gasteiger partial charge in [0, 0.05) is 0 Å². The quantitative estimate of drug-likeness (QED) is 0.167. The van der Waals surface area contributed by atoms with Crippen LogP contribution in [0.3, 0.4) is 0 Å². The topological polar surface area (TPSA) is 248 Å². The summed E-state index contributed by atoms with van der Waals surface area (Å²) in [6.45, 7) is -0.107. The van der Waals surface area contributed by atoms with Crippen molar-refractivity contribution in [3.8, 4) is 0 Å². The number of aliphatic hydroxyl groups excluding tert-OH is 10. The number of rotatable bonds is 6.